The van der Waals surface area contributed by atoms with E-state index in [1.54, 1.807) is 11.8 Å². The van der Waals surface area contributed by atoms with Gasteiger partial charge in [-0.2, -0.15) is 11.8 Å². The van der Waals surface area contributed by atoms with Crippen LogP contribution in [0.1, 0.15) is 23.6 Å². The summed E-state index contributed by atoms with van der Waals surface area (Å²) < 4.78 is 2.05. The van der Waals surface area contributed by atoms with Crippen LogP contribution in [-0.2, 0) is 17.8 Å². The molecule has 0 N–H and O–H groups in total. The number of amides is 1. The number of thioether (sulfide) groups is 1. The number of carbonyl (C=O) groups excluding carboxylic acids is 1. The van der Waals surface area contributed by atoms with Crippen molar-refractivity contribution in [1.29, 1.82) is 0 Å². The first-order valence-corrected chi connectivity index (χ1v) is 9.16. The number of fused-ring (bicyclic) bond motifs is 1. The predicted octanol–water partition coefficient (Wildman–Crippen LogP) is 3.37. The Labute approximate surface area is 136 Å². The summed E-state index contributed by atoms with van der Waals surface area (Å²) in [6, 6.07) is 12.4. The Bertz CT molecular complexity index is 624. The maximum absolute atomic E-state index is 13.0. The van der Waals surface area contributed by atoms with Crippen LogP contribution >= 0.6 is 11.8 Å². The Morgan fingerprint density at radius 2 is 1.91 bits per heavy atom. The van der Waals surface area contributed by atoms with Gasteiger partial charge in [-0.05, 0) is 48.1 Å². The summed E-state index contributed by atoms with van der Waals surface area (Å²) in [4.78, 5) is 15.0. The van der Waals surface area contributed by atoms with Gasteiger partial charge in [-0.3, -0.25) is 4.79 Å². The smallest absolute Gasteiger partial charge is 0.245 e. The van der Waals surface area contributed by atoms with Crippen LogP contribution in [-0.4, -0.2) is 33.9 Å². The maximum atomic E-state index is 13.0. The Morgan fingerprint density at radius 3 is 2.64 bits per heavy atom. The van der Waals surface area contributed by atoms with E-state index in [1.165, 1.54) is 11.1 Å². The molecule has 0 spiro atoms. The molecule has 1 atom stereocenters. The van der Waals surface area contributed by atoms with Gasteiger partial charge in [0.2, 0.25) is 5.91 Å². The van der Waals surface area contributed by atoms with Crippen LogP contribution in [0.2, 0.25) is 0 Å². The van der Waals surface area contributed by atoms with Crippen molar-refractivity contribution in [3.8, 4) is 0 Å². The van der Waals surface area contributed by atoms with E-state index >= 15 is 0 Å². The van der Waals surface area contributed by atoms with Crippen molar-refractivity contribution in [2.75, 3.05) is 18.6 Å². The first-order valence-electron chi connectivity index (χ1n) is 7.76. The van der Waals surface area contributed by atoms with E-state index in [1.807, 2.05) is 29.4 Å². The molecule has 1 aliphatic heterocycles. The molecule has 2 heterocycles. The Balaban J connectivity index is 1.76. The van der Waals surface area contributed by atoms with E-state index in [4.69, 9.17) is 0 Å². The van der Waals surface area contributed by atoms with Crippen molar-refractivity contribution >= 4 is 17.7 Å². The quantitative estimate of drug-likeness (QED) is 0.845. The van der Waals surface area contributed by atoms with E-state index in [0.717, 1.165) is 31.7 Å². The molecule has 0 aliphatic carbocycles. The highest BCUT2D eigenvalue weighted by molar-refractivity contribution is 7.98. The maximum Gasteiger partial charge on any atom is 0.245 e. The predicted molar refractivity (Wildman–Crippen MR) is 92.0 cm³/mol. The monoisotopic (exact) mass is 314 g/mol. The first-order chi connectivity index (χ1) is 10.8. The zero-order chi connectivity index (χ0) is 15.4. The molecule has 4 heteroatoms. The molecule has 22 heavy (non-hydrogen) atoms. The third kappa shape index (κ3) is 3.22. The number of aromatic nitrogens is 1. The van der Waals surface area contributed by atoms with E-state index in [2.05, 4.69) is 35.1 Å². The highest BCUT2D eigenvalue weighted by Gasteiger charge is 2.27. The number of nitrogens with zero attached hydrogens (tertiary/aromatic N) is 2. The highest BCUT2D eigenvalue weighted by Crippen LogP contribution is 2.24. The molecule has 116 valence electrons. The lowest BCUT2D eigenvalue weighted by molar-refractivity contribution is -0.135. The summed E-state index contributed by atoms with van der Waals surface area (Å²) in [5, 5.41) is 0. The minimum Gasteiger partial charge on any atom is -0.342 e. The SMILES string of the molecule is CSCCC(C(=O)N1CCc2ccccc2C1)n1cccc1. The normalized spacial score (nSPS) is 15.4. The number of hydrogen-bond donors (Lipinski definition) is 0. The molecule has 2 aromatic rings. The molecule has 0 radical (unpaired) electrons. The number of carbonyl (C=O) groups is 1. The van der Waals surface area contributed by atoms with Gasteiger partial charge in [0, 0.05) is 25.5 Å². The second-order valence-corrected chi connectivity index (χ2v) is 6.69. The van der Waals surface area contributed by atoms with Gasteiger partial charge in [0.15, 0.2) is 0 Å². The van der Waals surface area contributed by atoms with Gasteiger partial charge in [-0.15, -0.1) is 0 Å². The van der Waals surface area contributed by atoms with Gasteiger partial charge in [0.05, 0.1) is 0 Å². The molecule has 1 amide bonds. The average Bonchev–Trinajstić information content (AvgIpc) is 3.09. The van der Waals surface area contributed by atoms with Crippen LogP contribution in [0.25, 0.3) is 0 Å². The molecule has 0 bridgehead atoms. The van der Waals surface area contributed by atoms with Crippen molar-refractivity contribution in [2.24, 2.45) is 0 Å². The van der Waals surface area contributed by atoms with Gasteiger partial charge in [-0.1, -0.05) is 24.3 Å². The van der Waals surface area contributed by atoms with E-state index in [0.29, 0.717) is 0 Å². The van der Waals surface area contributed by atoms with Crippen LogP contribution < -0.4 is 0 Å². The second-order valence-electron chi connectivity index (χ2n) is 5.71. The van der Waals surface area contributed by atoms with Gasteiger partial charge < -0.3 is 9.47 Å². The highest BCUT2D eigenvalue weighted by atomic mass is 32.2. The number of hydrogen-bond acceptors (Lipinski definition) is 2. The molecule has 0 saturated carbocycles. The van der Waals surface area contributed by atoms with Crippen molar-refractivity contribution in [1.82, 2.24) is 9.47 Å². The van der Waals surface area contributed by atoms with E-state index in [-0.39, 0.29) is 11.9 Å². The molecule has 1 aromatic carbocycles. The average molecular weight is 314 g/mol. The van der Waals surface area contributed by atoms with Crippen LogP contribution in [0.3, 0.4) is 0 Å². The summed E-state index contributed by atoms with van der Waals surface area (Å²) in [7, 11) is 0. The summed E-state index contributed by atoms with van der Waals surface area (Å²) in [5.41, 5.74) is 2.67. The number of rotatable bonds is 5. The Hall–Kier alpha value is -1.68. The topological polar surface area (TPSA) is 25.2 Å². The molecular weight excluding hydrogens is 292 g/mol. The summed E-state index contributed by atoms with van der Waals surface area (Å²) >= 11 is 1.80. The van der Waals surface area contributed by atoms with Gasteiger partial charge in [0.25, 0.3) is 0 Å². The van der Waals surface area contributed by atoms with Crippen LogP contribution in [0.4, 0.5) is 0 Å². The van der Waals surface area contributed by atoms with Crippen LogP contribution in [0, 0.1) is 0 Å². The van der Waals surface area contributed by atoms with Gasteiger partial charge in [-0.25, -0.2) is 0 Å². The molecular formula is C18H22N2OS. The lowest BCUT2D eigenvalue weighted by atomic mass is 9.99. The molecule has 3 nitrogen and oxygen atoms in total. The zero-order valence-electron chi connectivity index (χ0n) is 12.9. The largest absolute Gasteiger partial charge is 0.342 e. The fourth-order valence-electron chi connectivity index (χ4n) is 3.08. The molecule has 0 fully saturated rings. The van der Waals surface area contributed by atoms with Gasteiger partial charge in [0.1, 0.15) is 6.04 Å². The minimum absolute atomic E-state index is 0.0762. The summed E-state index contributed by atoms with van der Waals surface area (Å²) in [6.45, 7) is 1.57. The molecule has 3 rings (SSSR count). The minimum atomic E-state index is -0.0762. The third-order valence-electron chi connectivity index (χ3n) is 4.31. The molecule has 1 aromatic heterocycles. The fraction of sp³-hybridized carbons (Fsp3) is 0.389. The van der Waals surface area contributed by atoms with Crippen molar-refractivity contribution in [3.63, 3.8) is 0 Å². The van der Waals surface area contributed by atoms with Crippen LogP contribution in [0.5, 0.6) is 0 Å². The number of benzene rings is 1. The van der Waals surface area contributed by atoms with Crippen molar-refractivity contribution in [2.45, 2.75) is 25.4 Å². The Morgan fingerprint density at radius 1 is 1.18 bits per heavy atom. The van der Waals surface area contributed by atoms with E-state index < -0.39 is 0 Å². The van der Waals surface area contributed by atoms with Crippen LogP contribution in [0.15, 0.2) is 48.8 Å². The molecule has 1 aliphatic rings. The second kappa shape index (κ2) is 7.05. The van der Waals surface area contributed by atoms with Crippen molar-refractivity contribution < 1.29 is 4.79 Å². The zero-order valence-corrected chi connectivity index (χ0v) is 13.8. The summed E-state index contributed by atoms with van der Waals surface area (Å²) in [6.07, 6.45) is 7.94. The van der Waals surface area contributed by atoms with E-state index in [9.17, 15) is 4.79 Å². The molecule has 1 unspecified atom stereocenters. The molecule has 0 saturated heterocycles. The lowest BCUT2D eigenvalue weighted by Gasteiger charge is -2.32. The summed E-state index contributed by atoms with van der Waals surface area (Å²) in [5.74, 6) is 1.25. The third-order valence-corrected chi connectivity index (χ3v) is 4.95. The van der Waals surface area contributed by atoms with Gasteiger partial charge >= 0.3 is 0 Å². The van der Waals surface area contributed by atoms with Crippen molar-refractivity contribution in [3.05, 3.63) is 59.9 Å². The standard InChI is InChI=1S/C18H22N2OS/c1-22-13-9-17(19-10-4-5-11-19)18(21)20-12-8-15-6-2-3-7-16(15)14-20/h2-7,10-11,17H,8-9,12-14H2,1H3. The lowest BCUT2D eigenvalue weighted by Crippen LogP contribution is -2.40. The fourth-order valence-corrected chi connectivity index (χ4v) is 3.54. The first kappa shape index (κ1) is 15.2. The Kier molecular flexibility index (Phi) is 4.88.